The van der Waals surface area contributed by atoms with Crippen LogP contribution in [0.1, 0.15) is 65.7 Å². The summed E-state index contributed by atoms with van der Waals surface area (Å²) in [4.78, 5) is 30.1. The van der Waals surface area contributed by atoms with Crippen molar-refractivity contribution in [3.8, 4) is 0 Å². The number of carbonyl (C=O) groups is 1. The lowest BCUT2D eigenvalue weighted by Gasteiger charge is -2.37. The van der Waals surface area contributed by atoms with Crippen LogP contribution in [0.5, 0.6) is 0 Å². The first-order chi connectivity index (χ1) is 20.8. The second-order valence-electron chi connectivity index (χ2n) is 11.0. The van der Waals surface area contributed by atoms with Gasteiger partial charge in [-0.2, -0.15) is 0 Å². The normalized spacial score (nSPS) is 17.5. The van der Waals surface area contributed by atoms with Crippen molar-refractivity contribution in [1.29, 1.82) is 0 Å². The third-order valence-corrected chi connectivity index (χ3v) is 8.25. The van der Waals surface area contributed by atoms with Gasteiger partial charge in [-0.25, -0.2) is 18.7 Å². The summed E-state index contributed by atoms with van der Waals surface area (Å²) < 4.78 is 31.3. The first kappa shape index (κ1) is 28.5. The van der Waals surface area contributed by atoms with E-state index in [9.17, 15) is 18.7 Å². The minimum Gasteiger partial charge on any atom is -0.545 e. The molecule has 12 heteroatoms. The van der Waals surface area contributed by atoms with E-state index in [2.05, 4.69) is 38.0 Å². The van der Waals surface area contributed by atoms with E-state index < -0.39 is 17.6 Å². The Bertz CT molecular complexity index is 1760. The number of likely N-dealkylation sites (tertiary alicyclic amines) is 1. The van der Waals surface area contributed by atoms with Gasteiger partial charge in [0, 0.05) is 36.3 Å². The molecular formula is C31H32F2N7O3-. The van der Waals surface area contributed by atoms with Crippen LogP contribution in [0, 0.1) is 11.6 Å². The Balaban J connectivity index is 1.16. The van der Waals surface area contributed by atoms with Gasteiger partial charge in [-0.1, -0.05) is 6.07 Å². The molecule has 10 nitrogen and oxygen atoms in total. The summed E-state index contributed by atoms with van der Waals surface area (Å²) in [6.45, 7) is 6.89. The van der Waals surface area contributed by atoms with E-state index in [0.29, 0.717) is 13.1 Å². The number of carboxylic acid groups (broad SMARTS) is 1. The Morgan fingerprint density at radius 2 is 2.00 bits per heavy atom. The fraction of sp³-hybridized carbons (Fsp3) is 0.355. The number of aryl methyl sites for hydroxylation is 1. The van der Waals surface area contributed by atoms with E-state index in [4.69, 9.17) is 9.82 Å². The number of aromatic carboxylic acids is 1. The number of rotatable bonds is 10. The summed E-state index contributed by atoms with van der Waals surface area (Å²) in [6.07, 6.45) is 7.08. The number of benzene rings is 2. The smallest absolute Gasteiger partial charge is 0.145 e. The van der Waals surface area contributed by atoms with Crippen LogP contribution in [0.4, 0.5) is 8.78 Å². The number of nitrogens with zero attached hydrogens (tertiary/aromatic N) is 7. The Morgan fingerprint density at radius 3 is 2.77 bits per heavy atom. The average molecular weight is 589 g/mol. The lowest BCUT2D eigenvalue weighted by atomic mass is 9.89. The Kier molecular flexibility index (Phi) is 7.94. The quantitative estimate of drug-likeness (QED) is 0.246. The van der Waals surface area contributed by atoms with Gasteiger partial charge in [-0.3, -0.25) is 4.90 Å². The molecule has 2 aromatic carbocycles. The highest BCUT2D eigenvalue weighted by Crippen LogP contribution is 2.32. The summed E-state index contributed by atoms with van der Waals surface area (Å²) in [5.41, 5.74) is 3.76. The van der Waals surface area contributed by atoms with Crippen molar-refractivity contribution in [1.82, 2.24) is 33.9 Å². The highest BCUT2D eigenvalue weighted by atomic mass is 19.1. The maximum Gasteiger partial charge on any atom is 0.145 e. The lowest BCUT2D eigenvalue weighted by Crippen LogP contribution is -2.40. The van der Waals surface area contributed by atoms with Gasteiger partial charge in [0.25, 0.3) is 0 Å². The maximum absolute atomic E-state index is 14.0. The zero-order chi connectivity index (χ0) is 30.1. The largest absolute Gasteiger partial charge is 0.545 e. The van der Waals surface area contributed by atoms with E-state index in [0.717, 1.165) is 60.2 Å². The molecular weight excluding hydrogens is 556 g/mol. The van der Waals surface area contributed by atoms with Crippen LogP contribution in [-0.2, 0) is 26.2 Å². The molecule has 0 bridgehead atoms. The molecule has 0 spiro atoms. The molecule has 0 N–H and O–H groups in total. The van der Waals surface area contributed by atoms with Crippen molar-refractivity contribution in [3.63, 3.8) is 0 Å². The molecule has 0 amide bonds. The van der Waals surface area contributed by atoms with Crippen molar-refractivity contribution in [2.75, 3.05) is 6.54 Å². The Labute approximate surface area is 247 Å². The van der Waals surface area contributed by atoms with Crippen LogP contribution in [-0.4, -0.2) is 52.5 Å². The predicted molar refractivity (Wildman–Crippen MR) is 152 cm³/mol. The van der Waals surface area contributed by atoms with E-state index in [1.165, 1.54) is 23.0 Å². The molecule has 0 saturated carbocycles. The van der Waals surface area contributed by atoms with Crippen molar-refractivity contribution in [3.05, 3.63) is 101 Å². The van der Waals surface area contributed by atoms with E-state index in [-0.39, 0.29) is 29.7 Å². The van der Waals surface area contributed by atoms with Crippen LogP contribution in [0.15, 0.2) is 61.2 Å². The molecule has 1 fully saturated rings. The predicted octanol–water partition coefficient (Wildman–Crippen LogP) is 3.54. The molecule has 4 heterocycles. The highest BCUT2D eigenvalue weighted by Gasteiger charge is 2.29. The summed E-state index contributed by atoms with van der Waals surface area (Å²) in [5.74, 6) is -1.43. The Morgan fingerprint density at radius 1 is 1.14 bits per heavy atom. The van der Waals surface area contributed by atoms with Gasteiger partial charge in [0.05, 0.1) is 54.0 Å². The highest BCUT2D eigenvalue weighted by molar-refractivity contribution is 5.91. The van der Waals surface area contributed by atoms with Gasteiger partial charge < -0.3 is 23.9 Å². The van der Waals surface area contributed by atoms with Crippen molar-refractivity contribution in [2.45, 2.75) is 64.9 Å². The van der Waals surface area contributed by atoms with Gasteiger partial charge in [-0.15, -0.1) is 9.94 Å². The molecule has 5 aromatic rings. The summed E-state index contributed by atoms with van der Waals surface area (Å²) >= 11 is 0. The molecule has 1 aliphatic heterocycles. The number of imidazole rings is 2. The van der Waals surface area contributed by atoms with Crippen LogP contribution >= 0.6 is 0 Å². The number of hydrogen-bond acceptors (Lipinski definition) is 7. The second-order valence-corrected chi connectivity index (χ2v) is 11.0. The second kappa shape index (κ2) is 12.0. The maximum atomic E-state index is 14.0. The number of carboxylic acids is 1. The number of carbonyl (C=O) groups excluding carboxylic acids is 1. The number of fused-ring (bicyclic) bond motifs is 1. The van der Waals surface area contributed by atoms with Crippen molar-refractivity contribution < 1.29 is 23.5 Å². The standard InChI is InChI=1S/C31H33F2N7O3/c1-3-37-19-34-15-25(37)16-39-29-13-22(31(41)42)5-7-28(29)35-30(39)17-38-10-8-21(12-20(38)2)27-9-11-40(36-27)43-18-23-4-6-24(32)14-26(23)33/h4-7,9,11,13-15,19-21H,3,8,10,12,16-18H2,1-2H3,(H,41,42)/p-1. The zero-order valence-electron chi connectivity index (χ0n) is 24.0. The number of hydrogen-bond donors (Lipinski definition) is 0. The van der Waals surface area contributed by atoms with Gasteiger partial charge in [0.1, 0.15) is 24.1 Å². The molecule has 1 saturated heterocycles. The SMILES string of the molecule is CCn1cncc1Cn1c(CN2CCC(c3ccn(OCc4ccc(F)cc4F)n3)CC2C)nc2ccc(C(=O)[O-])cc21. The van der Waals surface area contributed by atoms with Gasteiger partial charge in [-0.05, 0) is 69.1 Å². The van der Waals surface area contributed by atoms with E-state index in [1.54, 1.807) is 24.7 Å². The van der Waals surface area contributed by atoms with Gasteiger partial charge in [0.15, 0.2) is 0 Å². The summed E-state index contributed by atoms with van der Waals surface area (Å²) in [5, 5.41) is 16.2. The third kappa shape index (κ3) is 6.00. The fourth-order valence-electron chi connectivity index (χ4n) is 5.81. The molecule has 6 rings (SSSR count). The number of aromatic nitrogens is 6. The number of halogens is 2. The number of piperidine rings is 1. The van der Waals surface area contributed by atoms with Crippen LogP contribution in [0.3, 0.4) is 0 Å². The van der Waals surface area contributed by atoms with Crippen LogP contribution in [0.25, 0.3) is 11.0 Å². The first-order valence-corrected chi connectivity index (χ1v) is 14.4. The van der Waals surface area contributed by atoms with Gasteiger partial charge >= 0.3 is 0 Å². The molecule has 43 heavy (non-hydrogen) atoms. The molecule has 2 atom stereocenters. The van der Waals surface area contributed by atoms with E-state index >= 15 is 0 Å². The molecule has 0 radical (unpaired) electrons. The minimum absolute atomic E-state index is 0.0629. The van der Waals surface area contributed by atoms with Crippen molar-refractivity contribution in [2.24, 2.45) is 0 Å². The lowest BCUT2D eigenvalue weighted by molar-refractivity contribution is -0.255. The molecule has 2 unspecified atom stereocenters. The molecule has 1 aliphatic rings. The van der Waals surface area contributed by atoms with E-state index in [1.807, 2.05) is 12.3 Å². The van der Waals surface area contributed by atoms with Crippen LogP contribution in [0.2, 0.25) is 0 Å². The summed E-state index contributed by atoms with van der Waals surface area (Å²) in [6, 6.07) is 10.4. The summed E-state index contributed by atoms with van der Waals surface area (Å²) in [7, 11) is 0. The minimum atomic E-state index is -1.22. The zero-order valence-corrected chi connectivity index (χ0v) is 24.0. The monoisotopic (exact) mass is 588 g/mol. The van der Waals surface area contributed by atoms with Gasteiger partial charge in [0.2, 0.25) is 0 Å². The third-order valence-electron chi connectivity index (χ3n) is 8.25. The van der Waals surface area contributed by atoms with Crippen LogP contribution < -0.4 is 9.94 Å². The topological polar surface area (TPSA) is 106 Å². The molecule has 3 aromatic heterocycles. The average Bonchev–Trinajstić information content (AvgIpc) is 3.73. The van der Waals surface area contributed by atoms with Crippen molar-refractivity contribution >= 4 is 17.0 Å². The Hall–Kier alpha value is -4.58. The first-order valence-electron chi connectivity index (χ1n) is 14.4. The molecule has 0 aliphatic carbocycles. The fourth-order valence-corrected chi connectivity index (χ4v) is 5.81. The molecule has 224 valence electrons.